The van der Waals surface area contributed by atoms with Crippen molar-refractivity contribution in [1.29, 1.82) is 0 Å². The molecule has 1 aromatic rings. The number of aliphatic imine (C=N–C) groups is 1. The average molecular weight is 394 g/mol. The lowest BCUT2D eigenvalue weighted by atomic mass is 10.1. The fraction of sp³-hybridized carbons (Fsp3) is 0.600. The van der Waals surface area contributed by atoms with Gasteiger partial charge < -0.3 is 25.0 Å². The molecule has 156 valence electrons. The van der Waals surface area contributed by atoms with E-state index in [9.17, 15) is 9.18 Å². The van der Waals surface area contributed by atoms with Gasteiger partial charge in [-0.3, -0.25) is 4.99 Å². The third kappa shape index (κ3) is 6.67. The highest BCUT2D eigenvalue weighted by Gasteiger charge is 2.27. The number of hydrogen-bond acceptors (Lipinski definition) is 4. The number of methoxy groups -OCH3 is 1. The molecule has 1 amide bonds. The number of nitrogens with one attached hydrogen (secondary N) is 2. The van der Waals surface area contributed by atoms with Crippen LogP contribution in [-0.4, -0.2) is 55.8 Å². The molecule has 8 heteroatoms. The number of carbonyl (C=O) groups excluding carboxylic acids is 1. The molecule has 1 atom stereocenters. The Kier molecular flexibility index (Phi) is 7.62. The Bertz CT molecular complexity index is 703. The van der Waals surface area contributed by atoms with Gasteiger partial charge >= 0.3 is 6.09 Å². The number of alkyl carbamates (subject to hydrolysis) is 1. The number of guanidine groups is 1. The summed E-state index contributed by atoms with van der Waals surface area (Å²) in [5.41, 5.74) is 0.952. The maximum atomic E-state index is 13.7. The molecule has 1 saturated heterocycles. The van der Waals surface area contributed by atoms with Gasteiger partial charge in [0.25, 0.3) is 0 Å². The molecular weight excluding hydrogens is 363 g/mol. The van der Waals surface area contributed by atoms with Gasteiger partial charge in [0.2, 0.25) is 0 Å². The van der Waals surface area contributed by atoms with Crippen LogP contribution < -0.4 is 10.6 Å². The molecule has 0 aliphatic carbocycles. The van der Waals surface area contributed by atoms with Gasteiger partial charge in [-0.15, -0.1) is 0 Å². The predicted molar refractivity (Wildman–Crippen MR) is 107 cm³/mol. The van der Waals surface area contributed by atoms with Crippen LogP contribution in [0.2, 0.25) is 0 Å². The zero-order chi connectivity index (χ0) is 20.7. The zero-order valence-electron chi connectivity index (χ0n) is 17.3. The summed E-state index contributed by atoms with van der Waals surface area (Å²) in [6.07, 6.45) is 0.411. The van der Waals surface area contributed by atoms with Crippen LogP contribution >= 0.6 is 0 Å². The third-order valence-electron chi connectivity index (χ3n) is 4.28. The lowest BCUT2D eigenvalue weighted by Crippen LogP contribution is -2.44. The highest BCUT2D eigenvalue weighted by Crippen LogP contribution is 2.14. The molecule has 0 spiro atoms. The van der Waals surface area contributed by atoms with Crippen LogP contribution in [0.15, 0.2) is 23.2 Å². The SMILES string of the molecule is CN=C(NCc1ccc(F)c(COC)c1)N1CCC(NC(=O)OC(C)(C)C)C1. The Labute approximate surface area is 166 Å². The summed E-state index contributed by atoms with van der Waals surface area (Å²) in [5.74, 6) is 0.469. The molecule has 1 aliphatic rings. The lowest BCUT2D eigenvalue weighted by Gasteiger charge is -2.23. The molecule has 7 nitrogen and oxygen atoms in total. The first-order valence-corrected chi connectivity index (χ1v) is 9.43. The second kappa shape index (κ2) is 9.73. The topological polar surface area (TPSA) is 75.2 Å². The molecule has 28 heavy (non-hydrogen) atoms. The van der Waals surface area contributed by atoms with Gasteiger partial charge in [0.15, 0.2) is 5.96 Å². The van der Waals surface area contributed by atoms with Gasteiger partial charge in [-0.25, -0.2) is 9.18 Å². The highest BCUT2D eigenvalue weighted by atomic mass is 19.1. The van der Waals surface area contributed by atoms with Crippen LogP contribution in [0.5, 0.6) is 0 Å². The number of rotatable bonds is 5. The second-order valence-corrected chi connectivity index (χ2v) is 7.84. The van der Waals surface area contributed by atoms with Crippen molar-refractivity contribution < 1.29 is 18.7 Å². The van der Waals surface area contributed by atoms with Gasteiger partial charge in [-0.05, 0) is 44.9 Å². The van der Waals surface area contributed by atoms with Gasteiger partial charge in [0, 0.05) is 39.4 Å². The zero-order valence-corrected chi connectivity index (χ0v) is 17.3. The van der Waals surface area contributed by atoms with E-state index in [0.29, 0.717) is 18.7 Å². The van der Waals surface area contributed by atoms with E-state index in [1.54, 1.807) is 26.3 Å². The molecule has 1 aromatic carbocycles. The summed E-state index contributed by atoms with van der Waals surface area (Å²) in [6, 6.07) is 4.99. The average Bonchev–Trinajstić information content (AvgIpc) is 3.04. The Hall–Kier alpha value is -2.35. The first-order valence-electron chi connectivity index (χ1n) is 9.43. The van der Waals surface area contributed by atoms with Crippen molar-refractivity contribution in [3.63, 3.8) is 0 Å². The van der Waals surface area contributed by atoms with Crippen LogP contribution in [0.4, 0.5) is 9.18 Å². The molecule has 1 heterocycles. The number of likely N-dealkylation sites (tertiary alicyclic amines) is 1. The smallest absolute Gasteiger partial charge is 0.407 e. The van der Waals surface area contributed by atoms with E-state index in [0.717, 1.165) is 24.5 Å². The quantitative estimate of drug-likeness (QED) is 0.593. The van der Waals surface area contributed by atoms with Crippen LogP contribution in [0.1, 0.15) is 38.3 Å². The van der Waals surface area contributed by atoms with E-state index in [2.05, 4.69) is 20.5 Å². The summed E-state index contributed by atoms with van der Waals surface area (Å²) in [4.78, 5) is 18.4. The first kappa shape index (κ1) is 21.9. The maximum absolute atomic E-state index is 13.7. The number of nitrogens with zero attached hydrogens (tertiary/aromatic N) is 2. The van der Waals surface area contributed by atoms with E-state index in [4.69, 9.17) is 9.47 Å². The van der Waals surface area contributed by atoms with Crippen LogP contribution in [0.25, 0.3) is 0 Å². The van der Waals surface area contributed by atoms with Crippen LogP contribution in [0, 0.1) is 5.82 Å². The minimum atomic E-state index is -0.517. The molecule has 2 N–H and O–H groups in total. The van der Waals surface area contributed by atoms with Gasteiger partial charge in [-0.1, -0.05) is 6.07 Å². The van der Waals surface area contributed by atoms with Crippen molar-refractivity contribution in [2.75, 3.05) is 27.2 Å². The summed E-state index contributed by atoms with van der Waals surface area (Å²) in [7, 11) is 3.26. The lowest BCUT2D eigenvalue weighted by molar-refractivity contribution is 0.0507. The fourth-order valence-electron chi connectivity index (χ4n) is 3.06. The highest BCUT2D eigenvalue weighted by molar-refractivity contribution is 5.80. The van der Waals surface area contributed by atoms with E-state index in [1.165, 1.54) is 6.07 Å². The molecule has 0 saturated carbocycles. The Morgan fingerprint density at radius 1 is 1.39 bits per heavy atom. The Balaban J connectivity index is 1.87. The van der Waals surface area contributed by atoms with E-state index in [1.807, 2.05) is 20.8 Å². The molecular formula is C20H31FN4O3. The van der Waals surface area contributed by atoms with Gasteiger partial charge in [-0.2, -0.15) is 0 Å². The number of hydrogen-bond donors (Lipinski definition) is 2. The van der Waals surface area contributed by atoms with Crippen molar-refractivity contribution in [1.82, 2.24) is 15.5 Å². The van der Waals surface area contributed by atoms with E-state index >= 15 is 0 Å². The largest absolute Gasteiger partial charge is 0.444 e. The van der Waals surface area contributed by atoms with Gasteiger partial charge in [0.1, 0.15) is 11.4 Å². The molecule has 2 rings (SSSR count). The monoisotopic (exact) mass is 394 g/mol. The molecule has 1 unspecified atom stereocenters. The van der Waals surface area contributed by atoms with Gasteiger partial charge in [0.05, 0.1) is 12.6 Å². The molecule has 0 bridgehead atoms. The fourth-order valence-corrected chi connectivity index (χ4v) is 3.06. The summed E-state index contributed by atoms with van der Waals surface area (Å²) in [5, 5.41) is 6.20. The van der Waals surface area contributed by atoms with E-state index < -0.39 is 11.7 Å². The van der Waals surface area contributed by atoms with Crippen LogP contribution in [-0.2, 0) is 22.6 Å². The van der Waals surface area contributed by atoms with Crippen molar-refractivity contribution in [2.45, 2.75) is 52.0 Å². The summed E-state index contributed by atoms with van der Waals surface area (Å²) >= 11 is 0. The number of amides is 1. The second-order valence-electron chi connectivity index (χ2n) is 7.84. The molecule has 1 fully saturated rings. The maximum Gasteiger partial charge on any atom is 0.407 e. The standard InChI is InChI=1S/C20H31FN4O3/c1-20(2,3)28-19(26)24-16-8-9-25(12-16)18(22-4)23-11-14-6-7-17(21)15(10-14)13-27-5/h6-7,10,16H,8-9,11-13H2,1-5H3,(H,22,23)(H,24,26). The minimum absolute atomic E-state index is 0.00697. The van der Waals surface area contributed by atoms with Crippen LogP contribution in [0.3, 0.4) is 0 Å². The first-order chi connectivity index (χ1) is 13.2. The minimum Gasteiger partial charge on any atom is -0.444 e. The summed E-state index contributed by atoms with van der Waals surface area (Å²) < 4.78 is 24.1. The molecule has 0 radical (unpaired) electrons. The van der Waals surface area contributed by atoms with Crippen molar-refractivity contribution in [3.8, 4) is 0 Å². The molecule has 1 aliphatic heterocycles. The Morgan fingerprint density at radius 2 is 2.14 bits per heavy atom. The Morgan fingerprint density at radius 3 is 2.79 bits per heavy atom. The van der Waals surface area contributed by atoms with Crippen molar-refractivity contribution >= 4 is 12.1 Å². The van der Waals surface area contributed by atoms with E-state index in [-0.39, 0.29) is 18.5 Å². The van der Waals surface area contributed by atoms with Crippen molar-refractivity contribution in [3.05, 3.63) is 35.1 Å². The number of benzene rings is 1. The summed E-state index contributed by atoms with van der Waals surface area (Å²) in [6.45, 7) is 7.70. The van der Waals surface area contributed by atoms with Crippen molar-refractivity contribution in [2.24, 2.45) is 4.99 Å². The number of halogens is 1. The normalized spacial score (nSPS) is 17.6. The number of ether oxygens (including phenoxy) is 2. The molecule has 0 aromatic heterocycles. The third-order valence-corrected chi connectivity index (χ3v) is 4.28. The number of carbonyl (C=O) groups is 1. The predicted octanol–water partition coefficient (Wildman–Crippen LogP) is 2.65.